The third kappa shape index (κ3) is 9.53. The third-order valence-electron chi connectivity index (χ3n) is 6.45. The molecule has 1 unspecified atom stereocenters. The van der Waals surface area contributed by atoms with Crippen LogP contribution in [0.1, 0.15) is 41.3 Å². The molecule has 0 spiro atoms. The van der Waals surface area contributed by atoms with Crippen molar-refractivity contribution in [3.8, 4) is 11.5 Å². The van der Waals surface area contributed by atoms with Crippen molar-refractivity contribution in [1.82, 2.24) is 0 Å². The Kier molecular flexibility index (Phi) is 10.3. The van der Waals surface area contributed by atoms with E-state index in [0.29, 0.717) is 5.69 Å². The van der Waals surface area contributed by atoms with E-state index in [2.05, 4.69) is 22.3 Å². The molecule has 0 aliphatic heterocycles. The summed E-state index contributed by atoms with van der Waals surface area (Å²) < 4.78 is 47.4. The van der Waals surface area contributed by atoms with Crippen LogP contribution in [0, 0.1) is 0 Å². The van der Waals surface area contributed by atoms with Crippen molar-refractivity contribution < 1.29 is 37.3 Å². The zero-order chi connectivity index (χ0) is 30.8. The fourth-order valence-corrected chi connectivity index (χ4v) is 4.27. The van der Waals surface area contributed by atoms with E-state index in [4.69, 9.17) is 4.74 Å². The molecule has 0 bridgehead atoms. The van der Waals surface area contributed by atoms with Gasteiger partial charge in [-0.15, -0.1) is 13.2 Å². The summed E-state index contributed by atoms with van der Waals surface area (Å²) in [4.78, 5) is 25.2. The van der Waals surface area contributed by atoms with Gasteiger partial charge in [-0.1, -0.05) is 55.8 Å². The Labute approximate surface area is 247 Å². The summed E-state index contributed by atoms with van der Waals surface area (Å²) in [5.41, 5.74) is 3.59. The lowest BCUT2D eigenvalue weighted by Crippen LogP contribution is -2.30. The number of hydrogen-bond donors (Lipinski definition) is 3. The highest BCUT2D eigenvalue weighted by molar-refractivity contribution is 6.05. The number of carbonyl (C=O) groups is 2. The van der Waals surface area contributed by atoms with Crippen LogP contribution in [-0.4, -0.2) is 29.4 Å². The maximum absolute atomic E-state index is 13.1. The molecule has 10 heteroatoms. The number of alkyl halides is 3. The SMILES string of the molecule is CCCCc1ccc(Nc2ccc(OC(Cc3ccccc3)C(=O)O)c(NC(=O)c3ccc(OC(F)(F)F)cc3)c2)cc1. The van der Waals surface area contributed by atoms with E-state index < -0.39 is 30.1 Å². The van der Waals surface area contributed by atoms with Gasteiger partial charge in [0.2, 0.25) is 0 Å². The minimum absolute atomic E-state index is 0.0561. The van der Waals surface area contributed by atoms with Gasteiger partial charge in [0, 0.05) is 23.4 Å². The van der Waals surface area contributed by atoms with Crippen LogP contribution in [0.5, 0.6) is 11.5 Å². The van der Waals surface area contributed by atoms with Gasteiger partial charge in [0.05, 0.1) is 5.69 Å². The summed E-state index contributed by atoms with van der Waals surface area (Å²) in [6.07, 6.45) is -2.87. The molecule has 4 rings (SSSR count). The molecule has 0 saturated carbocycles. The highest BCUT2D eigenvalue weighted by Crippen LogP contribution is 2.32. The molecule has 3 N–H and O–H groups in total. The van der Waals surface area contributed by atoms with Gasteiger partial charge in [0.1, 0.15) is 11.5 Å². The molecule has 224 valence electrons. The van der Waals surface area contributed by atoms with Crippen LogP contribution in [0.2, 0.25) is 0 Å². The van der Waals surface area contributed by atoms with E-state index in [-0.39, 0.29) is 23.4 Å². The smallest absolute Gasteiger partial charge is 0.478 e. The molecular weight excluding hydrogens is 561 g/mol. The van der Waals surface area contributed by atoms with Gasteiger partial charge in [0.15, 0.2) is 6.10 Å². The Hall–Kier alpha value is -4.99. The molecule has 7 nitrogen and oxygen atoms in total. The molecule has 0 saturated heterocycles. The zero-order valence-corrected chi connectivity index (χ0v) is 23.4. The number of rotatable bonds is 13. The lowest BCUT2D eigenvalue weighted by Gasteiger charge is -2.19. The van der Waals surface area contributed by atoms with Gasteiger partial charge in [-0.2, -0.15) is 0 Å². The first-order valence-electron chi connectivity index (χ1n) is 13.7. The first kappa shape index (κ1) is 31.0. The Morgan fingerprint density at radius 2 is 1.53 bits per heavy atom. The van der Waals surface area contributed by atoms with Gasteiger partial charge in [0.25, 0.3) is 5.91 Å². The summed E-state index contributed by atoms with van der Waals surface area (Å²) in [5, 5.41) is 15.8. The lowest BCUT2D eigenvalue weighted by atomic mass is 10.1. The maximum atomic E-state index is 13.1. The third-order valence-corrected chi connectivity index (χ3v) is 6.45. The number of anilines is 3. The van der Waals surface area contributed by atoms with Crippen molar-refractivity contribution in [2.75, 3.05) is 10.6 Å². The number of aryl methyl sites for hydroxylation is 1. The Bertz CT molecular complexity index is 1510. The van der Waals surface area contributed by atoms with Crippen LogP contribution in [0.3, 0.4) is 0 Å². The number of nitrogens with one attached hydrogen (secondary N) is 2. The first-order chi connectivity index (χ1) is 20.6. The number of halogens is 3. The average Bonchev–Trinajstić information content (AvgIpc) is 2.97. The van der Waals surface area contributed by atoms with Crippen LogP contribution in [-0.2, 0) is 17.6 Å². The molecule has 0 radical (unpaired) electrons. The van der Waals surface area contributed by atoms with Crippen molar-refractivity contribution in [3.63, 3.8) is 0 Å². The summed E-state index contributed by atoms with van der Waals surface area (Å²) in [6, 6.07) is 26.2. The summed E-state index contributed by atoms with van der Waals surface area (Å²) in [7, 11) is 0. The zero-order valence-electron chi connectivity index (χ0n) is 23.4. The number of aliphatic carboxylic acids is 1. The number of carbonyl (C=O) groups excluding carboxylic acids is 1. The number of amides is 1. The fraction of sp³-hybridized carbons (Fsp3) is 0.212. The molecule has 0 aliphatic rings. The van der Waals surface area contributed by atoms with E-state index in [1.54, 1.807) is 42.5 Å². The van der Waals surface area contributed by atoms with E-state index in [0.717, 1.165) is 42.6 Å². The molecule has 4 aromatic rings. The Balaban J connectivity index is 1.58. The predicted octanol–water partition coefficient (Wildman–Crippen LogP) is 8.00. The lowest BCUT2D eigenvalue weighted by molar-refractivity contribution is -0.274. The van der Waals surface area contributed by atoms with Crippen LogP contribution in [0.4, 0.5) is 30.2 Å². The van der Waals surface area contributed by atoms with Crippen molar-refractivity contribution in [1.29, 1.82) is 0 Å². The highest BCUT2D eigenvalue weighted by Gasteiger charge is 2.31. The topological polar surface area (TPSA) is 96.9 Å². The van der Waals surface area contributed by atoms with Gasteiger partial charge in [-0.25, -0.2) is 4.79 Å². The van der Waals surface area contributed by atoms with Crippen molar-refractivity contribution in [3.05, 3.63) is 114 Å². The summed E-state index contributed by atoms with van der Waals surface area (Å²) >= 11 is 0. The largest absolute Gasteiger partial charge is 0.573 e. The molecule has 4 aromatic carbocycles. The second kappa shape index (κ2) is 14.3. The number of carboxylic acid groups (broad SMARTS) is 1. The maximum Gasteiger partial charge on any atom is 0.573 e. The fourth-order valence-electron chi connectivity index (χ4n) is 4.27. The molecule has 0 aromatic heterocycles. The van der Waals surface area contributed by atoms with Crippen molar-refractivity contribution >= 4 is 28.9 Å². The Morgan fingerprint density at radius 3 is 2.16 bits per heavy atom. The molecular formula is C33H31F3N2O5. The first-order valence-corrected chi connectivity index (χ1v) is 13.7. The second-order valence-electron chi connectivity index (χ2n) is 9.80. The van der Waals surface area contributed by atoms with Gasteiger partial charge in [-0.3, -0.25) is 4.79 Å². The Morgan fingerprint density at radius 1 is 0.860 bits per heavy atom. The number of unbranched alkanes of at least 4 members (excludes halogenated alkanes) is 1. The normalized spacial score (nSPS) is 11.8. The summed E-state index contributed by atoms with van der Waals surface area (Å²) in [5.74, 6) is -2.19. The van der Waals surface area contributed by atoms with E-state index in [1.807, 2.05) is 30.3 Å². The number of ether oxygens (including phenoxy) is 2. The minimum atomic E-state index is -4.86. The van der Waals surface area contributed by atoms with Gasteiger partial charge in [-0.05, 0) is 78.6 Å². The van der Waals surface area contributed by atoms with Crippen LogP contribution < -0.4 is 20.1 Å². The average molecular weight is 593 g/mol. The molecule has 1 atom stereocenters. The second-order valence-corrected chi connectivity index (χ2v) is 9.80. The van der Waals surface area contributed by atoms with E-state index in [9.17, 15) is 27.9 Å². The summed E-state index contributed by atoms with van der Waals surface area (Å²) in [6.45, 7) is 2.14. The van der Waals surface area contributed by atoms with Crippen LogP contribution in [0.15, 0.2) is 97.1 Å². The van der Waals surface area contributed by atoms with Gasteiger partial charge < -0.3 is 25.2 Å². The van der Waals surface area contributed by atoms with E-state index in [1.165, 1.54) is 17.7 Å². The van der Waals surface area contributed by atoms with Crippen molar-refractivity contribution in [2.45, 2.75) is 45.1 Å². The van der Waals surface area contributed by atoms with E-state index >= 15 is 0 Å². The highest BCUT2D eigenvalue weighted by atomic mass is 19.4. The monoisotopic (exact) mass is 592 g/mol. The molecule has 0 aliphatic carbocycles. The van der Waals surface area contributed by atoms with Gasteiger partial charge >= 0.3 is 12.3 Å². The molecule has 43 heavy (non-hydrogen) atoms. The molecule has 0 fully saturated rings. The predicted molar refractivity (Wildman–Crippen MR) is 158 cm³/mol. The molecule has 0 heterocycles. The number of benzene rings is 4. The van der Waals surface area contributed by atoms with Crippen LogP contribution >= 0.6 is 0 Å². The standard InChI is InChI=1S/C33H31F3N2O5/c1-2-3-7-22-10-14-25(15-11-22)37-26-16-19-29(42-30(32(40)41)20-23-8-5-4-6-9-23)28(21-26)38-31(39)24-12-17-27(18-13-24)43-33(34,35)36/h4-6,8-19,21,30,37H,2-3,7,20H2,1H3,(H,38,39)(H,40,41). The van der Waals surface area contributed by atoms with Crippen molar-refractivity contribution in [2.24, 2.45) is 0 Å². The minimum Gasteiger partial charge on any atom is -0.478 e. The molecule has 1 amide bonds. The van der Waals surface area contributed by atoms with Crippen LogP contribution in [0.25, 0.3) is 0 Å². The number of hydrogen-bond acceptors (Lipinski definition) is 5. The quantitative estimate of drug-likeness (QED) is 0.146. The number of carboxylic acids is 1.